The molecule has 3 aliphatic rings. The molecule has 0 N–H and O–H groups in total. The van der Waals surface area contributed by atoms with Crippen molar-refractivity contribution in [1.29, 1.82) is 0 Å². The van der Waals surface area contributed by atoms with Crippen LogP contribution in [0.1, 0.15) is 150 Å². The van der Waals surface area contributed by atoms with Crippen molar-refractivity contribution >= 4 is 5.97 Å². The minimum atomic E-state index is -0.298. The van der Waals surface area contributed by atoms with Gasteiger partial charge in [-0.2, -0.15) is 0 Å². The molecule has 3 rings (SSSR count). The second-order valence-electron chi connectivity index (χ2n) is 13.4. The molecule has 2 aliphatic heterocycles. The fraction of sp³-hybridized carbons (Fsp3) is 0.861. The number of ether oxygens (including phenoxy) is 4. The summed E-state index contributed by atoms with van der Waals surface area (Å²) in [6, 6.07) is 0. The Morgan fingerprint density at radius 1 is 0.902 bits per heavy atom. The fourth-order valence-electron chi connectivity index (χ4n) is 6.99. The highest BCUT2D eigenvalue weighted by atomic mass is 16.6. The van der Waals surface area contributed by atoms with Gasteiger partial charge in [-0.3, -0.25) is 4.79 Å². The smallest absolute Gasteiger partial charge is 0.306 e. The van der Waals surface area contributed by atoms with Crippen LogP contribution in [-0.2, 0) is 23.7 Å². The molecule has 6 atom stereocenters. The summed E-state index contributed by atoms with van der Waals surface area (Å²) in [6.45, 7) is 9.46. The lowest BCUT2D eigenvalue weighted by molar-refractivity contribution is -0.172. The lowest BCUT2D eigenvalue weighted by Gasteiger charge is -2.42. The molecule has 0 unspecified atom stereocenters. The Balaban J connectivity index is 1.25. The quantitative estimate of drug-likeness (QED) is 0.0558. The van der Waals surface area contributed by atoms with E-state index in [-0.39, 0.29) is 41.4 Å². The number of esters is 1. The van der Waals surface area contributed by atoms with Gasteiger partial charge in [-0.25, -0.2) is 0 Å². The molecule has 1 spiro atoms. The largest absolute Gasteiger partial charge is 0.460 e. The van der Waals surface area contributed by atoms with Crippen molar-refractivity contribution in [2.75, 3.05) is 13.7 Å². The first-order valence-corrected chi connectivity index (χ1v) is 17.2. The van der Waals surface area contributed by atoms with E-state index in [9.17, 15) is 4.79 Å². The standard InChI is InChI=1S/C36H62O5/c1-6-7-8-9-10-11-12-13-14-15-16-17-18-19-20-21-22-23-32(37)40-30-26-27-36(28-39-36)34(33(30)38-5)35(4)31(41-35)25-24-29(2)3/h18-19,24,30-31,33-34H,6-17,20-23,25-28H2,1-5H3/t30-,31-,33-,34-,35+,36+/m1/s1. The molecule has 5 nitrogen and oxygen atoms in total. The van der Waals surface area contributed by atoms with E-state index >= 15 is 0 Å². The highest BCUT2D eigenvalue weighted by Gasteiger charge is 2.72. The molecule has 3 fully saturated rings. The van der Waals surface area contributed by atoms with E-state index in [0.29, 0.717) is 6.42 Å². The third-order valence-corrected chi connectivity index (χ3v) is 9.66. The number of epoxide rings is 2. The number of rotatable bonds is 22. The summed E-state index contributed by atoms with van der Waals surface area (Å²) in [5.74, 6) is -0.0241. The van der Waals surface area contributed by atoms with Crippen LogP contribution < -0.4 is 0 Å². The van der Waals surface area contributed by atoms with E-state index < -0.39 is 0 Å². The molecule has 1 saturated carbocycles. The Hall–Kier alpha value is -1.17. The first-order valence-electron chi connectivity index (χ1n) is 17.2. The summed E-state index contributed by atoms with van der Waals surface area (Å²) >= 11 is 0. The van der Waals surface area contributed by atoms with Crippen molar-refractivity contribution in [1.82, 2.24) is 0 Å². The zero-order chi connectivity index (χ0) is 29.6. The molecule has 0 aromatic rings. The number of carbonyl (C=O) groups excluding carboxylic acids is 1. The summed E-state index contributed by atoms with van der Waals surface area (Å²) in [6.07, 6.45) is 29.1. The van der Waals surface area contributed by atoms with Crippen molar-refractivity contribution < 1.29 is 23.7 Å². The van der Waals surface area contributed by atoms with Crippen LogP contribution >= 0.6 is 0 Å². The predicted octanol–water partition coefficient (Wildman–Crippen LogP) is 9.42. The van der Waals surface area contributed by atoms with Crippen LogP contribution in [0, 0.1) is 5.92 Å². The molecular formula is C36H62O5. The average molecular weight is 575 g/mol. The van der Waals surface area contributed by atoms with Gasteiger partial charge in [0.15, 0.2) is 0 Å². The monoisotopic (exact) mass is 574 g/mol. The Labute approximate surface area is 252 Å². The minimum Gasteiger partial charge on any atom is -0.460 e. The molecule has 0 bridgehead atoms. The van der Waals surface area contributed by atoms with Crippen LogP contribution in [0.2, 0.25) is 0 Å². The van der Waals surface area contributed by atoms with Gasteiger partial charge >= 0.3 is 5.97 Å². The predicted molar refractivity (Wildman–Crippen MR) is 168 cm³/mol. The fourth-order valence-corrected chi connectivity index (χ4v) is 6.99. The molecule has 1 aliphatic carbocycles. The molecule has 0 aromatic carbocycles. The maximum Gasteiger partial charge on any atom is 0.306 e. The zero-order valence-electron chi connectivity index (χ0n) is 27.2. The van der Waals surface area contributed by atoms with Gasteiger partial charge in [-0.15, -0.1) is 0 Å². The second kappa shape index (κ2) is 17.8. The third kappa shape index (κ3) is 11.1. The van der Waals surface area contributed by atoms with Gasteiger partial charge in [0.2, 0.25) is 0 Å². The molecule has 236 valence electrons. The van der Waals surface area contributed by atoms with E-state index in [4.69, 9.17) is 18.9 Å². The number of hydrogen-bond acceptors (Lipinski definition) is 5. The zero-order valence-corrected chi connectivity index (χ0v) is 27.2. The first kappa shape index (κ1) is 34.3. The minimum absolute atomic E-state index is 0.0765. The van der Waals surface area contributed by atoms with E-state index in [1.165, 1.54) is 82.6 Å². The molecule has 0 amide bonds. The van der Waals surface area contributed by atoms with Crippen molar-refractivity contribution in [3.63, 3.8) is 0 Å². The van der Waals surface area contributed by atoms with Gasteiger partial charge in [-0.1, -0.05) is 94.9 Å². The highest BCUT2D eigenvalue weighted by Crippen LogP contribution is 2.59. The van der Waals surface area contributed by atoms with Crippen LogP contribution in [0.5, 0.6) is 0 Å². The third-order valence-electron chi connectivity index (χ3n) is 9.66. The summed E-state index contributed by atoms with van der Waals surface area (Å²) < 4.78 is 24.3. The lowest BCUT2D eigenvalue weighted by atomic mass is 9.68. The topological polar surface area (TPSA) is 60.6 Å². The molecule has 2 heterocycles. The molecular weight excluding hydrogens is 512 g/mol. The average Bonchev–Trinajstić information content (AvgIpc) is 3.87. The Morgan fingerprint density at radius 3 is 2.05 bits per heavy atom. The van der Waals surface area contributed by atoms with Crippen LogP contribution in [0.15, 0.2) is 23.8 Å². The Morgan fingerprint density at radius 2 is 1.49 bits per heavy atom. The highest BCUT2D eigenvalue weighted by molar-refractivity contribution is 5.69. The summed E-state index contributed by atoms with van der Waals surface area (Å²) in [5.41, 5.74) is 0.824. The summed E-state index contributed by atoms with van der Waals surface area (Å²) in [5, 5.41) is 0. The normalized spacial score (nSPS) is 30.6. The van der Waals surface area contributed by atoms with Crippen LogP contribution in [0.4, 0.5) is 0 Å². The number of hydrogen-bond donors (Lipinski definition) is 0. The van der Waals surface area contributed by atoms with Crippen LogP contribution in [0.3, 0.4) is 0 Å². The number of unbranched alkanes of at least 4 members (excludes halogenated alkanes) is 13. The van der Waals surface area contributed by atoms with Crippen molar-refractivity contribution in [3.8, 4) is 0 Å². The number of methoxy groups -OCH3 is 1. The van der Waals surface area contributed by atoms with Gasteiger partial charge in [0.1, 0.15) is 23.4 Å². The van der Waals surface area contributed by atoms with Gasteiger partial charge in [-0.05, 0) is 72.1 Å². The van der Waals surface area contributed by atoms with E-state index in [1.807, 2.05) is 0 Å². The van der Waals surface area contributed by atoms with E-state index in [0.717, 1.165) is 45.1 Å². The molecule has 41 heavy (non-hydrogen) atoms. The van der Waals surface area contributed by atoms with Gasteiger partial charge in [0.05, 0.1) is 18.6 Å². The van der Waals surface area contributed by atoms with Crippen LogP contribution in [0.25, 0.3) is 0 Å². The molecule has 2 saturated heterocycles. The molecule has 0 aromatic heterocycles. The van der Waals surface area contributed by atoms with Gasteiger partial charge < -0.3 is 18.9 Å². The Bertz CT molecular complexity index is 811. The number of allylic oxidation sites excluding steroid dienone is 3. The van der Waals surface area contributed by atoms with Crippen molar-refractivity contribution in [3.05, 3.63) is 23.8 Å². The SMILES string of the molecule is CCCCCCCCCCCCCC=CCCCCC(=O)O[C@@H]1CC[C@]2(CO2)[C@@H]([C@@]2(C)O[C@@H]2CC=C(C)C)[C@@H]1OC. The van der Waals surface area contributed by atoms with Crippen LogP contribution in [-0.4, -0.2) is 49.2 Å². The maximum atomic E-state index is 12.8. The summed E-state index contributed by atoms with van der Waals surface area (Å²) in [7, 11) is 1.74. The van der Waals surface area contributed by atoms with E-state index in [2.05, 4.69) is 45.9 Å². The van der Waals surface area contributed by atoms with E-state index in [1.54, 1.807) is 7.11 Å². The van der Waals surface area contributed by atoms with Gasteiger partial charge in [0, 0.05) is 13.5 Å². The second-order valence-corrected chi connectivity index (χ2v) is 13.4. The maximum absolute atomic E-state index is 12.8. The van der Waals surface area contributed by atoms with Gasteiger partial charge in [0.25, 0.3) is 0 Å². The first-order chi connectivity index (χ1) is 19.9. The molecule has 0 radical (unpaired) electrons. The molecule has 5 heteroatoms. The lowest BCUT2D eigenvalue weighted by Crippen LogP contribution is -2.55. The number of carbonyl (C=O) groups is 1. The van der Waals surface area contributed by atoms with Crippen molar-refractivity contribution in [2.45, 2.75) is 179 Å². The van der Waals surface area contributed by atoms with Crippen molar-refractivity contribution in [2.24, 2.45) is 5.92 Å². The Kier molecular flexibility index (Phi) is 14.9. The summed E-state index contributed by atoms with van der Waals surface area (Å²) in [4.78, 5) is 12.8.